The van der Waals surface area contributed by atoms with Gasteiger partial charge in [0.1, 0.15) is 0 Å². The summed E-state index contributed by atoms with van der Waals surface area (Å²) in [6.45, 7) is 0. The minimum absolute atomic E-state index is 0. The Labute approximate surface area is 53.5 Å². The molecule has 0 amide bonds. The zero-order valence-electron chi connectivity index (χ0n) is 2.04. The van der Waals surface area contributed by atoms with Crippen LogP contribution in [-0.2, 0) is 28.3 Å². The summed E-state index contributed by atoms with van der Waals surface area (Å²) in [5, 5.41) is 0. The predicted molar refractivity (Wildman–Crippen MR) is 15.9 cm³/mol. The summed E-state index contributed by atoms with van der Waals surface area (Å²) in [6.07, 6.45) is 0. The maximum atomic E-state index is 0. The van der Waals surface area contributed by atoms with Crippen LogP contribution in [-0.4, -0.2) is 0 Å². The summed E-state index contributed by atoms with van der Waals surface area (Å²) in [7, 11) is 0. The van der Waals surface area contributed by atoms with E-state index < -0.39 is 0 Å². The SMILES string of the molecule is Cl.Cl.[Cr+4].[O-2].[O-2]. The molecule has 0 aliphatic carbocycles. The second kappa shape index (κ2) is 76.8. The van der Waals surface area contributed by atoms with Crippen LogP contribution in [0.5, 0.6) is 0 Å². The first-order chi connectivity index (χ1) is 0. The maximum absolute atomic E-state index is 0. The Balaban J connectivity index is 0. The van der Waals surface area contributed by atoms with Gasteiger partial charge in [0.2, 0.25) is 0 Å². The van der Waals surface area contributed by atoms with Crippen LogP contribution in [0.25, 0.3) is 0 Å². The zero-order chi connectivity index (χ0) is 0. The average molecular weight is 157 g/mol. The topological polar surface area (TPSA) is 57.0 Å². The largest absolute Gasteiger partial charge is 4.00 e. The summed E-state index contributed by atoms with van der Waals surface area (Å²) >= 11 is 0. The van der Waals surface area contributed by atoms with E-state index in [-0.39, 0.29) is 53.1 Å². The fourth-order valence-corrected chi connectivity index (χ4v) is 0. The first-order valence-electron chi connectivity index (χ1n) is 0. The van der Waals surface area contributed by atoms with E-state index in [2.05, 4.69) is 0 Å². The van der Waals surface area contributed by atoms with Gasteiger partial charge < -0.3 is 11.0 Å². The molecule has 5 heteroatoms. The summed E-state index contributed by atoms with van der Waals surface area (Å²) < 4.78 is 0. The molecule has 0 bridgehead atoms. The molecular formula is H2Cl2CrO2. The van der Waals surface area contributed by atoms with Crippen molar-refractivity contribution in [2.24, 2.45) is 0 Å². The third-order valence-electron chi connectivity index (χ3n) is 0. The number of hydrogen-bond acceptors (Lipinski definition) is 0. The van der Waals surface area contributed by atoms with Crippen LogP contribution in [0.15, 0.2) is 0 Å². The van der Waals surface area contributed by atoms with Crippen LogP contribution in [0.4, 0.5) is 0 Å². The van der Waals surface area contributed by atoms with E-state index in [1.54, 1.807) is 0 Å². The summed E-state index contributed by atoms with van der Waals surface area (Å²) in [5.41, 5.74) is 0. The molecule has 0 radical (unpaired) electrons. The molecule has 0 aromatic carbocycles. The van der Waals surface area contributed by atoms with Crippen molar-refractivity contribution in [3.05, 3.63) is 0 Å². The van der Waals surface area contributed by atoms with Crippen molar-refractivity contribution in [3.63, 3.8) is 0 Å². The Morgan fingerprint density at radius 2 is 0.600 bits per heavy atom. The van der Waals surface area contributed by atoms with Crippen molar-refractivity contribution in [2.75, 3.05) is 0 Å². The second-order valence-electron chi connectivity index (χ2n) is 0. The third-order valence-corrected chi connectivity index (χ3v) is 0. The van der Waals surface area contributed by atoms with Gasteiger partial charge in [-0.2, -0.15) is 0 Å². The molecule has 0 saturated carbocycles. The van der Waals surface area contributed by atoms with E-state index in [0.29, 0.717) is 0 Å². The zero-order valence-corrected chi connectivity index (χ0v) is 4.95. The molecule has 2 nitrogen and oxygen atoms in total. The summed E-state index contributed by atoms with van der Waals surface area (Å²) in [4.78, 5) is 0. The summed E-state index contributed by atoms with van der Waals surface area (Å²) in [5.74, 6) is 0. The van der Waals surface area contributed by atoms with Crippen LogP contribution in [0.1, 0.15) is 0 Å². The first kappa shape index (κ1) is 143. The molecule has 0 aliphatic rings. The average Bonchev–Trinajstić information content (AvgIpc) is 0. The normalized spacial score (nSPS) is 0. The van der Waals surface area contributed by atoms with Gasteiger partial charge in [0.15, 0.2) is 0 Å². The molecule has 0 aromatic rings. The maximum Gasteiger partial charge on any atom is 4.00 e. The minimum Gasteiger partial charge on any atom is -2.00 e. The van der Waals surface area contributed by atoms with Crippen LogP contribution in [0, 0.1) is 0 Å². The van der Waals surface area contributed by atoms with Crippen LogP contribution < -0.4 is 0 Å². The van der Waals surface area contributed by atoms with Crippen LogP contribution >= 0.6 is 24.8 Å². The second-order valence-corrected chi connectivity index (χ2v) is 0. The van der Waals surface area contributed by atoms with Gasteiger partial charge in [-0.3, -0.25) is 0 Å². The molecule has 34 valence electrons. The molecule has 0 heterocycles. The van der Waals surface area contributed by atoms with Gasteiger partial charge in [-0.1, -0.05) is 0 Å². The van der Waals surface area contributed by atoms with Crippen LogP contribution in [0.2, 0.25) is 0 Å². The minimum atomic E-state index is 0. The van der Waals surface area contributed by atoms with Gasteiger partial charge in [0.25, 0.3) is 0 Å². The third kappa shape index (κ3) is 43.4. The van der Waals surface area contributed by atoms with Crippen molar-refractivity contribution in [1.29, 1.82) is 0 Å². The van der Waals surface area contributed by atoms with Gasteiger partial charge in [-0.25, -0.2) is 0 Å². The van der Waals surface area contributed by atoms with Crippen molar-refractivity contribution in [1.82, 2.24) is 0 Å². The molecular weight excluding hydrogens is 155 g/mol. The Morgan fingerprint density at radius 3 is 0.600 bits per heavy atom. The van der Waals surface area contributed by atoms with E-state index in [1.165, 1.54) is 0 Å². The smallest absolute Gasteiger partial charge is 2.00 e. The van der Waals surface area contributed by atoms with E-state index in [0.717, 1.165) is 0 Å². The fraction of sp³-hybridized carbons (Fsp3) is 0. The fourth-order valence-electron chi connectivity index (χ4n) is 0. The monoisotopic (exact) mass is 156 g/mol. The summed E-state index contributed by atoms with van der Waals surface area (Å²) in [6, 6.07) is 0. The Hall–Kier alpha value is 1.03. The van der Waals surface area contributed by atoms with E-state index in [1.807, 2.05) is 0 Å². The quantitative estimate of drug-likeness (QED) is 0.494. The standard InChI is InChI=1S/2ClH.Cr.2O/h2*1H;;;/q;;+4;2*-2. The van der Waals surface area contributed by atoms with Gasteiger partial charge in [0, 0.05) is 0 Å². The van der Waals surface area contributed by atoms with Crippen molar-refractivity contribution < 1.29 is 28.3 Å². The Kier molecular flexibility index (Phi) is 2200. The molecule has 5 heavy (non-hydrogen) atoms. The van der Waals surface area contributed by atoms with Gasteiger partial charge in [0.05, 0.1) is 0 Å². The molecule has 0 fully saturated rings. The van der Waals surface area contributed by atoms with Crippen molar-refractivity contribution in [3.8, 4) is 0 Å². The molecule has 0 atom stereocenters. The van der Waals surface area contributed by atoms with Crippen molar-refractivity contribution in [2.45, 2.75) is 0 Å². The molecule has 0 aliphatic heterocycles. The predicted octanol–water partition coefficient (Wildman–Crippen LogP) is 0.603. The Morgan fingerprint density at radius 1 is 0.600 bits per heavy atom. The van der Waals surface area contributed by atoms with Gasteiger partial charge >= 0.3 is 17.4 Å². The molecule has 0 saturated heterocycles. The molecule has 0 spiro atoms. The van der Waals surface area contributed by atoms with Crippen LogP contribution in [0.3, 0.4) is 0 Å². The van der Waals surface area contributed by atoms with E-state index in [4.69, 9.17) is 0 Å². The molecule has 0 aromatic heterocycles. The number of rotatable bonds is 0. The van der Waals surface area contributed by atoms with Gasteiger partial charge in [-0.15, -0.1) is 24.8 Å². The van der Waals surface area contributed by atoms with E-state index >= 15 is 0 Å². The Bertz CT molecular complexity index is 7.61. The van der Waals surface area contributed by atoms with Gasteiger partial charge in [-0.05, 0) is 0 Å². The molecule has 0 N–H and O–H groups in total. The number of halogens is 2. The molecule has 0 unspecified atom stereocenters. The molecule has 0 rings (SSSR count). The van der Waals surface area contributed by atoms with E-state index in [9.17, 15) is 0 Å². The number of hydrogen-bond donors (Lipinski definition) is 0. The van der Waals surface area contributed by atoms with Crippen molar-refractivity contribution >= 4 is 24.8 Å². The first-order valence-corrected chi connectivity index (χ1v) is 0.